The molecule has 2 unspecified atom stereocenters. The second kappa shape index (κ2) is 8.31. The smallest absolute Gasteiger partial charge is 0.383 e. The zero-order chi connectivity index (χ0) is 23.3. The molecule has 0 saturated carbocycles. The molecule has 1 aliphatic rings. The molecule has 1 aromatic carbocycles. The number of hydrogen-bond donors (Lipinski definition) is 2. The Morgan fingerprint density at radius 1 is 1.16 bits per heavy atom. The van der Waals surface area contributed by atoms with Crippen LogP contribution in [0.5, 0.6) is 0 Å². The number of alkyl halides is 3. The summed E-state index contributed by atoms with van der Waals surface area (Å²) in [6, 6.07) is 7.81. The fraction of sp³-hybridized carbons (Fsp3) is 0.263. The summed E-state index contributed by atoms with van der Waals surface area (Å²) in [6.07, 6.45) is -3.22. The van der Waals surface area contributed by atoms with Gasteiger partial charge in [-0.25, -0.2) is 10.1 Å². The van der Waals surface area contributed by atoms with Crippen molar-refractivity contribution in [2.24, 2.45) is 5.14 Å². The minimum absolute atomic E-state index is 0.0195. The van der Waals surface area contributed by atoms with E-state index in [0.717, 1.165) is 10.4 Å². The van der Waals surface area contributed by atoms with Gasteiger partial charge in [0.15, 0.2) is 0 Å². The Balaban J connectivity index is 1.68. The molecule has 3 heterocycles. The maximum atomic E-state index is 13.3. The van der Waals surface area contributed by atoms with E-state index in [1.54, 1.807) is 12.1 Å². The van der Waals surface area contributed by atoms with Gasteiger partial charge in [-0.1, -0.05) is 23.2 Å². The summed E-state index contributed by atoms with van der Waals surface area (Å²) < 4.78 is 65.0. The van der Waals surface area contributed by atoms with Gasteiger partial charge in [0.1, 0.15) is 5.69 Å². The van der Waals surface area contributed by atoms with Crippen LogP contribution in [0.25, 0.3) is 10.9 Å². The first-order chi connectivity index (χ1) is 14.9. The molecule has 170 valence electrons. The number of nitrogens with zero attached hydrogens (tertiary/aromatic N) is 3. The van der Waals surface area contributed by atoms with Crippen molar-refractivity contribution in [3.63, 3.8) is 0 Å². The van der Waals surface area contributed by atoms with E-state index in [0.29, 0.717) is 21.1 Å². The lowest BCUT2D eigenvalue weighted by Crippen LogP contribution is -2.61. The van der Waals surface area contributed by atoms with Crippen LogP contribution in [0, 0.1) is 0 Å². The summed E-state index contributed by atoms with van der Waals surface area (Å²) in [7, 11) is -4.02. The SMILES string of the molecule is NS(=O)(=O)N1CC(c2ccc(Cl)cn2)C1CNc1cc(C(F)(F)F)nc2ccc(Cl)cc12. The Hall–Kier alpha value is -2.18. The van der Waals surface area contributed by atoms with E-state index in [2.05, 4.69) is 15.3 Å². The number of pyridine rings is 2. The van der Waals surface area contributed by atoms with E-state index in [9.17, 15) is 21.6 Å². The van der Waals surface area contributed by atoms with Gasteiger partial charge in [0.25, 0.3) is 10.2 Å². The average Bonchev–Trinajstić information content (AvgIpc) is 2.67. The Bertz CT molecular complexity index is 1270. The third-order valence-corrected chi connectivity index (χ3v) is 6.76. The monoisotopic (exact) mass is 505 g/mol. The minimum Gasteiger partial charge on any atom is -0.383 e. The molecular weight excluding hydrogens is 490 g/mol. The zero-order valence-corrected chi connectivity index (χ0v) is 18.5. The van der Waals surface area contributed by atoms with Gasteiger partial charge in [-0.2, -0.15) is 25.9 Å². The van der Waals surface area contributed by atoms with E-state index in [1.807, 2.05) is 0 Å². The number of aromatic nitrogens is 2. The third-order valence-electron chi connectivity index (χ3n) is 5.23. The van der Waals surface area contributed by atoms with Crippen LogP contribution in [-0.2, 0) is 16.4 Å². The third kappa shape index (κ3) is 4.62. The van der Waals surface area contributed by atoms with Crippen LogP contribution in [0.1, 0.15) is 17.3 Å². The Morgan fingerprint density at radius 2 is 1.88 bits per heavy atom. The molecule has 2 aromatic heterocycles. The fourth-order valence-corrected chi connectivity index (χ4v) is 4.90. The van der Waals surface area contributed by atoms with Gasteiger partial charge < -0.3 is 5.32 Å². The highest BCUT2D eigenvalue weighted by Crippen LogP contribution is 2.37. The second-order valence-electron chi connectivity index (χ2n) is 7.28. The van der Waals surface area contributed by atoms with Crippen LogP contribution in [0.15, 0.2) is 42.6 Å². The molecular formula is C19H16Cl2F3N5O2S. The summed E-state index contributed by atoms with van der Waals surface area (Å²) in [6.45, 7) is 0.0743. The molecule has 4 rings (SSSR count). The quantitative estimate of drug-likeness (QED) is 0.544. The van der Waals surface area contributed by atoms with Crippen molar-refractivity contribution in [3.05, 3.63) is 64.0 Å². The van der Waals surface area contributed by atoms with E-state index >= 15 is 0 Å². The van der Waals surface area contributed by atoms with Crippen LogP contribution in [0.4, 0.5) is 18.9 Å². The molecule has 1 fully saturated rings. The molecule has 0 aliphatic carbocycles. The molecule has 0 amide bonds. The second-order valence-corrected chi connectivity index (χ2v) is 9.66. The summed E-state index contributed by atoms with van der Waals surface area (Å²) in [5, 5.41) is 9.35. The topological polar surface area (TPSA) is 101 Å². The van der Waals surface area contributed by atoms with E-state index in [4.69, 9.17) is 28.3 Å². The highest BCUT2D eigenvalue weighted by atomic mass is 35.5. The molecule has 3 N–H and O–H groups in total. The Morgan fingerprint density at radius 3 is 2.50 bits per heavy atom. The van der Waals surface area contributed by atoms with E-state index in [-0.39, 0.29) is 30.2 Å². The maximum absolute atomic E-state index is 13.3. The lowest BCUT2D eigenvalue weighted by Gasteiger charge is -2.45. The van der Waals surface area contributed by atoms with Gasteiger partial charge >= 0.3 is 6.18 Å². The maximum Gasteiger partial charge on any atom is 0.433 e. The highest BCUT2D eigenvalue weighted by Gasteiger charge is 2.46. The average molecular weight is 506 g/mol. The number of fused-ring (bicyclic) bond motifs is 1. The van der Waals surface area contributed by atoms with Crippen LogP contribution in [0.2, 0.25) is 10.0 Å². The zero-order valence-electron chi connectivity index (χ0n) is 16.1. The van der Waals surface area contributed by atoms with E-state index < -0.39 is 28.1 Å². The van der Waals surface area contributed by atoms with Gasteiger partial charge in [0, 0.05) is 47.0 Å². The molecule has 1 saturated heterocycles. The Labute approximate surface area is 191 Å². The molecule has 2 atom stereocenters. The lowest BCUT2D eigenvalue weighted by atomic mass is 9.88. The lowest BCUT2D eigenvalue weighted by molar-refractivity contribution is -0.140. The van der Waals surface area contributed by atoms with E-state index in [1.165, 1.54) is 24.4 Å². The first-order valence-electron chi connectivity index (χ1n) is 9.26. The van der Waals surface area contributed by atoms with Crippen molar-refractivity contribution >= 4 is 50.0 Å². The molecule has 3 aromatic rings. The largest absolute Gasteiger partial charge is 0.433 e. The molecule has 13 heteroatoms. The molecule has 0 radical (unpaired) electrons. The summed E-state index contributed by atoms with van der Waals surface area (Å²) in [5.74, 6) is -0.322. The van der Waals surface area contributed by atoms with Crippen molar-refractivity contribution < 1.29 is 21.6 Å². The molecule has 1 aliphatic heterocycles. The van der Waals surface area contributed by atoms with Crippen molar-refractivity contribution in [1.82, 2.24) is 14.3 Å². The van der Waals surface area contributed by atoms with Gasteiger partial charge in [-0.15, -0.1) is 0 Å². The number of nitrogens with one attached hydrogen (secondary N) is 1. The van der Waals surface area contributed by atoms with Crippen molar-refractivity contribution in [3.8, 4) is 0 Å². The van der Waals surface area contributed by atoms with Gasteiger partial charge in [0.05, 0.1) is 16.6 Å². The summed E-state index contributed by atoms with van der Waals surface area (Å²) in [5.41, 5.74) is -0.268. The summed E-state index contributed by atoms with van der Waals surface area (Å²) in [4.78, 5) is 7.89. The Kier molecular flexibility index (Phi) is 5.97. The molecule has 7 nitrogen and oxygen atoms in total. The number of nitrogens with two attached hydrogens (primary N) is 1. The van der Waals surface area contributed by atoms with Crippen LogP contribution in [0.3, 0.4) is 0 Å². The van der Waals surface area contributed by atoms with Crippen LogP contribution >= 0.6 is 23.2 Å². The van der Waals surface area contributed by atoms with Gasteiger partial charge in [-0.3, -0.25) is 4.98 Å². The highest BCUT2D eigenvalue weighted by molar-refractivity contribution is 7.86. The predicted molar refractivity (Wildman–Crippen MR) is 116 cm³/mol. The van der Waals surface area contributed by atoms with Gasteiger partial charge in [0.2, 0.25) is 0 Å². The molecule has 32 heavy (non-hydrogen) atoms. The number of anilines is 1. The van der Waals surface area contributed by atoms with Crippen LogP contribution < -0.4 is 10.5 Å². The first-order valence-corrected chi connectivity index (χ1v) is 11.5. The number of rotatable bonds is 5. The first kappa shape index (κ1) is 23.0. The number of benzene rings is 1. The predicted octanol–water partition coefficient (Wildman–Crippen LogP) is 4.04. The fourth-order valence-electron chi connectivity index (χ4n) is 3.65. The number of halogens is 5. The van der Waals surface area contributed by atoms with Gasteiger partial charge in [-0.05, 0) is 36.4 Å². The number of hydrogen-bond acceptors (Lipinski definition) is 5. The normalized spacial score (nSPS) is 19.7. The summed E-state index contributed by atoms with van der Waals surface area (Å²) >= 11 is 11.9. The standard InChI is InChI=1S/C19H16Cl2F3N5O2S/c20-10-1-4-15-12(5-10)16(6-18(28-15)19(22,23)24)27-8-17-13(9-29(17)32(25,30)31)14-3-2-11(21)7-26-14/h1-7,13,17H,8-9H2,(H,27,28)(H2,25,30,31). The molecule has 0 bridgehead atoms. The minimum atomic E-state index is -4.66. The van der Waals surface area contributed by atoms with Crippen molar-refractivity contribution in [2.75, 3.05) is 18.4 Å². The van der Waals surface area contributed by atoms with Crippen molar-refractivity contribution in [1.29, 1.82) is 0 Å². The van der Waals surface area contributed by atoms with Crippen molar-refractivity contribution in [2.45, 2.75) is 18.1 Å². The molecule has 0 spiro atoms. The van der Waals surface area contributed by atoms with Crippen LogP contribution in [-0.4, -0.2) is 41.8 Å².